The van der Waals surface area contributed by atoms with E-state index in [0.717, 1.165) is 11.3 Å². The SMILES string of the molecule is Cc1nn(C[C@@H](O)C(F)(F)F)c(=O)s1. The van der Waals surface area contributed by atoms with Crippen molar-refractivity contribution in [3.63, 3.8) is 0 Å². The van der Waals surface area contributed by atoms with Crippen LogP contribution < -0.4 is 4.87 Å². The molecule has 0 aliphatic rings. The van der Waals surface area contributed by atoms with Crippen molar-refractivity contribution in [3.8, 4) is 0 Å². The van der Waals surface area contributed by atoms with Crippen molar-refractivity contribution < 1.29 is 18.3 Å². The van der Waals surface area contributed by atoms with Crippen LogP contribution in [-0.2, 0) is 6.54 Å². The first-order valence-electron chi connectivity index (χ1n) is 3.60. The van der Waals surface area contributed by atoms with Crippen LogP contribution in [0.3, 0.4) is 0 Å². The molecule has 0 saturated carbocycles. The molecule has 4 nitrogen and oxygen atoms in total. The first-order valence-corrected chi connectivity index (χ1v) is 4.41. The number of halogens is 3. The van der Waals surface area contributed by atoms with Crippen molar-refractivity contribution >= 4 is 11.3 Å². The fourth-order valence-corrected chi connectivity index (χ4v) is 1.41. The van der Waals surface area contributed by atoms with Gasteiger partial charge in [0.2, 0.25) is 0 Å². The summed E-state index contributed by atoms with van der Waals surface area (Å²) in [6.45, 7) is 0.648. The zero-order chi connectivity index (χ0) is 10.9. The van der Waals surface area contributed by atoms with Crippen LogP contribution in [0.2, 0.25) is 0 Å². The summed E-state index contributed by atoms with van der Waals surface area (Å²) in [5.74, 6) is 0. The molecule has 1 rings (SSSR count). The number of aliphatic hydroxyl groups is 1. The van der Waals surface area contributed by atoms with E-state index in [4.69, 9.17) is 5.11 Å². The Morgan fingerprint density at radius 3 is 2.57 bits per heavy atom. The van der Waals surface area contributed by atoms with Crippen LogP contribution in [0.25, 0.3) is 0 Å². The van der Waals surface area contributed by atoms with Crippen molar-refractivity contribution in [3.05, 3.63) is 14.7 Å². The topological polar surface area (TPSA) is 55.1 Å². The molecule has 1 aromatic rings. The van der Waals surface area contributed by atoms with Crippen molar-refractivity contribution in [2.24, 2.45) is 0 Å². The van der Waals surface area contributed by atoms with E-state index in [1.165, 1.54) is 6.92 Å². The summed E-state index contributed by atoms with van der Waals surface area (Å²) >= 11 is 0.740. The molecular weight excluding hydrogens is 221 g/mol. The summed E-state index contributed by atoms with van der Waals surface area (Å²) in [6, 6.07) is 0. The maximum Gasteiger partial charge on any atom is 0.416 e. The number of rotatable bonds is 2. The predicted molar refractivity (Wildman–Crippen MR) is 43.2 cm³/mol. The van der Waals surface area contributed by atoms with Gasteiger partial charge in [-0.3, -0.25) is 4.79 Å². The van der Waals surface area contributed by atoms with Crippen molar-refractivity contribution in [1.82, 2.24) is 9.78 Å². The third kappa shape index (κ3) is 2.55. The Hall–Kier alpha value is -0.890. The Balaban J connectivity index is 2.79. The lowest BCUT2D eigenvalue weighted by molar-refractivity contribution is -0.208. The van der Waals surface area contributed by atoms with E-state index in [0.29, 0.717) is 9.69 Å². The number of hydrogen-bond donors (Lipinski definition) is 1. The Kier molecular flexibility index (Phi) is 2.95. The van der Waals surface area contributed by atoms with Crippen LogP contribution in [0.1, 0.15) is 5.01 Å². The standard InChI is InChI=1S/C6H7F3N2O2S/c1-3-10-11(5(13)14-3)2-4(12)6(7,8)9/h4,12H,2H2,1H3/t4-/m1/s1. The second-order valence-corrected chi connectivity index (χ2v) is 3.77. The lowest BCUT2D eigenvalue weighted by Crippen LogP contribution is -2.35. The second kappa shape index (κ2) is 3.70. The van der Waals surface area contributed by atoms with Gasteiger partial charge < -0.3 is 5.11 Å². The zero-order valence-electron chi connectivity index (χ0n) is 7.08. The summed E-state index contributed by atoms with van der Waals surface area (Å²) < 4.78 is 36.3. The minimum Gasteiger partial charge on any atom is -0.382 e. The van der Waals surface area contributed by atoms with Crippen LogP contribution in [0.4, 0.5) is 13.2 Å². The number of aromatic nitrogens is 2. The van der Waals surface area contributed by atoms with Gasteiger partial charge in [-0.05, 0) is 6.92 Å². The van der Waals surface area contributed by atoms with E-state index < -0.39 is 23.7 Å². The Labute approximate surface area is 80.6 Å². The highest BCUT2D eigenvalue weighted by atomic mass is 32.1. The molecule has 0 unspecified atom stereocenters. The molecule has 0 aromatic carbocycles. The number of aliphatic hydroxyl groups excluding tert-OH is 1. The summed E-state index contributed by atoms with van der Waals surface area (Å²) in [6.07, 6.45) is -7.28. The van der Waals surface area contributed by atoms with Gasteiger partial charge in [-0.2, -0.15) is 18.3 Å². The van der Waals surface area contributed by atoms with E-state index in [2.05, 4.69) is 5.10 Å². The molecule has 80 valence electrons. The molecule has 14 heavy (non-hydrogen) atoms. The summed E-state index contributed by atoms with van der Waals surface area (Å²) in [7, 11) is 0. The highest BCUT2D eigenvalue weighted by Crippen LogP contribution is 2.20. The number of hydrogen-bond acceptors (Lipinski definition) is 4. The Bertz CT molecular complexity index is 370. The van der Waals surface area contributed by atoms with Crippen LogP contribution in [0.5, 0.6) is 0 Å². The van der Waals surface area contributed by atoms with Gasteiger partial charge in [-0.1, -0.05) is 11.3 Å². The van der Waals surface area contributed by atoms with Gasteiger partial charge in [0.1, 0.15) is 5.01 Å². The first-order chi connectivity index (χ1) is 6.30. The molecule has 0 aliphatic carbocycles. The molecule has 0 bridgehead atoms. The maximum absolute atomic E-state index is 11.9. The van der Waals surface area contributed by atoms with Gasteiger partial charge in [0, 0.05) is 0 Å². The Morgan fingerprint density at radius 1 is 1.64 bits per heavy atom. The van der Waals surface area contributed by atoms with E-state index in [-0.39, 0.29) is 0 Å². The third-order valence-corrected chi connectivity index (χ3v) is 2.19. The number of aryl methyl sites for hydroxylation is 1. The van der Waals surface area contributed by atoms with Gasteiger partial charge in [0.15, 0.2) is 6.10 Å². The van der Waals surface area contributed by atoms with Gasteiger partial charge >= 0.3 is 11.0 Å². The molecule has 8 heteroatoms. The highest BCUT2D eigenvalue weighted by molar-refractivity contribution is 7.08. The summed E-state index contributed by atoms with van der Waals surface area (Å²) in [5, 5.41) is 12.5. The van der Waals surface area contributed by atoms with Gasteiger partial charge in [0.25, 0.3) is 0 Å². The van der Waals surface area contributed by atoms with E-state index in [1.54, 1.807) is 0 Å². The van der Waals surface area contributed by atoms with E-state index in [9.17, 15) is 18.0 Å². The van der Waals surface area contributed by atoms with Gasteiger partial charge in [-0.15, -0.1) is 0 Å². The fourth-order valence-electron chi connectivity index (χ4n) is 0.793. The van der Waals surface area contributed by atoms with Crippen molar-refractivity contribution in [1.29, 1.82) is 0 Å². The van der Waals surface area contributed by atoms with Crippen LogP contribution in [-0.4, -0.2) is 27.2 Å². The van der Waals surface area contributed by atoms with Gasteiger partial charge in [0.05, 0.1) is 6.54 Å². The van der Waals surface area contributed by atoms with E-state index >= 15 is 0 Å². The third-order valence-electron chi connectivity index (χ3n) is 1.43. The minimum absolute atomic E-state index is 0.365. The maximum atomic E-state index is 11.9. The molecule has 1 heterocycles. The molecule has 0 spiro atoms. The summed E-state index contributed by atoms with van der Waals surface area (Å²) in [4.78, 5) is 10.3. The number of alkyl halides is 3. The smallest absolute Gasteiger partial charge is 0.382 e. The minimum atomic E-state index is -4.73. The van der Waals surface area contributed by atoms with E-state index in [1.807, 2.05) is 0 Å². The fraction of sp³-hybridized carbons (Fsp3) is 0.667. The number of nitrogens with zero attached hydrogens (tertiary/aromatic N) is 2. The zero-order valence-corrected chi connectivity index (χ0v) is 7.89. The molecule has 0 aliphatic heterocycles. The van der Waals surface area contributed by atoms with Gasteiger partial charge in [-0.25, -0.2) is 4.68 Å². The second-order valence-electron chi connectivity index (χ2n) is 2.63. The largest absolute Gasteiger partial charge is 0.416 e. The van der Waals surface area contributed by atoms with Crippen molar-refractivity contribution in [2.75, 3.05) is 0 Å². The monoisotopic (exact) mass is 228 g/mol. The average Bonchev–Trinajstić information content (AvgIpc) is 2.28. The molecule has 0 radical (unpaired) electrons. The average molecular weight is 228 g/mol. The quantitative estimate of drug-likeness (QED) is 0.803. The predicted octanol–water partition coefficient (Wildman–Crippen LogP) is 0.536. The lowest BCUT2D eigenvalue weighted by Gasteiger charge is -2.13. The molecular formula is C6H7F3N2O2S. The van der Waals surface area contributed by atoms with Crippen molar-refractivity contribution in [2.45, 2.75) is 25.7 Å². The molecule has 0 amide bonds. The van der Waals surface area contributed by atoms with Crippen LogP contribution in [0, 0.1) is 6.92 Å². The molecule has 1 atom stereocenters. The highest BCUT2D eigenvalue weighted by Gasteiger charge is 2.38. The lowest BCUT2D eigenvalue weighted by atomic mass is 10.3. The van der Waals surface area contributed by atoms with Crippen LogP contribution >= 0.6 is 11.3 Å². The summed E-state index contributed by atoms with van der Waals surface area (Å²) in [5.41, 5.74) is 0. The molecule has 0 saturated heterocycles. The van der Waals surface area contributed by atoms with Crippen LogP contribution in [0.15, 0.2) is 4.79 Å². The molecule has 0 fully saturated rings. The normalized spacial score (nSPS) is 14.4. The first kappa shape index (κ1) is 11.2. The molecule has 1 aromatic heterocycles. The Morgan fingerprint density at radius 2 is 2.21 bits per heavy atom. The molecule has 1 N–H and O–H groups in total.